The second kappa shape index (κ2) is 9.84. The molecule has 0 radical (unpaired) electrons. The van der Waals surface area contributed by atoms with Crippen LogP contribution in [0.15, 0.2) is 30.3 Å². The molecule has 0 aliphatic carbocycles. The molecule has 0 bridgehead atoms. The third kappa shape index (κ3) is 4.55. The maximum atomic E-state index is 13.1. The summed E-state index contributed by atoms with van der Waals surface area (Å²) in [5.41, 5.74) is 1.28. The standard InChI is InChI=1S/C24H36BrN3O4S/c1-31-24-20-21-18(12-17(25)13-26-21)28(23(20)19(14-27-24)33(2,29)30)22(15-6-4-3-5-7-15)16-8-10-32-11-9-16/h3-7,16-24,26-27H,8-14H2,1-2H3/t17?,18?,19?,20?,21?,22-,23?,24?/m1/s1. The molecule has 0 amide bonds. The van der Waals surface area contributed by atoms with Crippen LogP contribution in [0, 0.1) is 11.8 Å². The van der Waals surface area contributed by atoms with E-state index < -0.39 is 15.1 Å². The molecule has 9 heteroatoms. The van der Waals surface area contributed by atoms with Crippen LogP contribution >= 0.6 is 15.9 Å². The second-order valence-corrected chi connectivity index (χ2v) is 13.6. The molecule has 0 saturated carbocycles. The number of nitrogens with zero attached hydrogens (tertiary/aromatic N) is 1. The number of fused-ring (bicyclic) bond motifs is 3. The maximum absolute atomic E-state index is 13.1. The summed E-state index contributed by atoms with van der Waals surface area (Å²) in [6, 6.07) is 11.1. The van der Waals surface area contributed by atoms with Crippen molar-refractivity contribution in [1.29, 1.82) is 0 Å². The number of hydrogen-bond acceptors (Lipinski definition) is 7. The van der Waals surface area contributed by atoms with Crippen LogP contribution in [0.25, 0.3) is 0 Å². The molecule has 4 aliphatic heterocycles. The van der Waals surface area contributed by atoms with Crippen LogP contribution < -0.4 is 10.6 Å². The van der Waals surface area contributed by atoms with Gasteiger partial charge in [-0.2, -0.15) is 0 Å². The molecule has 8 atom stereocenters. The number of hydrogen-bond donors (Lipinski definition) is 2. The third-order valence-electron chi connectivity index (χ3n) is 8.25. The second-order valence-electron chi connectivity index (χ2n) is 10.1. The van der Waals surface area contributed by atoms with Gasteiger partial charge in [0.05, 0.1) is 5.25 Å². The van der Waals surface area contributed by atoms with Crippen molar-refractivity contribution in [3.8, 4) is 0 Å². The topological polar surface area (TPSA) is 79.9 Å². The van der Waals surface area contributed by atoms with Gasteiger partial charge in [-0.1, -0.05) is 46.3 Å². The van der Waals surface area contributed by atoms with Gasteiger partial charge in [0, 0.05) is 74.6 Å². The van der Waals surface area contributed by atoms with Crippen LogP contribution in [0.2, 0.25) is 0 Å². The smallest absolute Gasteiger partial charge is 0.153 e. The average molecular weight is 543 g/mol. The van der Waals surface area contributed by atoms with Gasteiger partial charge in [-0.05, 0) is 30.7 Å². The fraction of sp³-hybridized carbons (Fsp3) is 0.750. The van der Waals surface area contributed by atoms with Crippen molar-refractivity contribution in [2.24, 2.45) is 11.8 Å². The predicted octanol–water partition coefficient (Wildman–Crippen LogP) is 1.94. The fourth-order valence-corrected chi connectivity index (χ4v) is 8.72. The molecule has 7 nitrogen and oxygen atoms in total. The SMILES string of the molecule is COC1NCC(S(C)(=O)=O)C2C1C1NCC(Br)CC1N2[C@H](c1ccccc1)C1CCOCC1. The minimum absolute atomic E-state index is 0.0551. The molecule has 33 heavy (non-hydrogen) atoms. The molecule has 1 aromatic carbocycles. The molecule has 5 rings (SSSR count). The number of nitrogens with one attached hydrogen (secondary N) is 2. The highest BCUT2D eigenvalue weighted by atomic mass is 79.9. The Labute approximate surface area is 206 Å². The van der Waals surface area contributed by atoms with Gasteiger partial charge in [0.15, 0.2) is 9.84 Å². The molecule has 184 valence electrons. The van der Waals surface area contributed by atoms with Gasteiger partial charge in [0.1, 0.15) is 6.23 Å². The lowest BCUT2D eigenvalue weighted by Crippen LogP contribution is -2.63. The Morgan fingerprint density at radius 1 is 1.15 bits per heavy atom. The van der Waals surface area contributed by atoms with E-state index >= 15 is 0 Å². The van der Waals surface area contributed by atoms with Crippen LogP contribution in [0.4, 0.5) is 0 Å². The molecular formula is C24H36BrN3O4S. The normalized spacial score (nSPS) is 39.1. The quantitative estimate of drug-likeness (QED) is 0.551. The lowest BCUT2D eigenvalue weighted by molar-refractivity contribution is -0.0342. The highest BCUT2D eigenvalue weighted by Gasteiger charge is 2.61. The van der Waals surface area contributed by atoms with Crippen molar-refractivity contribution in [2.75, 3.05) is 39.7 Å². The average Bonchev–Trinajstić information content (AvgIpc) is 3.13. The minimum Gasteiger partial charge on any atom is -0.381 e. The zero-order valence-corrected chi connectivity index (χ0v) is 21.8. The minimum atomic E-state index is -3.27. The number of rotatable bonds is 5. The lowest BCUT2D eigenvalue weighted by Gasteiger charge is -2.48. The largest absolute Gasteiger partial charge is 0.381 e. The van der Waals surface area contributed by atoms with Crippen molar-refractivity contribution in [2.45, 2.75) is 59.7 Å². The van der Waals surface area contributed by atoms with Gasteiger partial charge in [-0.15, -0.1) is 0 Å². The molecule has 2 N–H and O–H groups in total. The van der Waals surface area contributed by atoms with Crippen molar-refractivity contribution < 1.29 is 17.9 Å². The highest BCUT2D eigenvalue weighted by Crippen LogP contribution is 2.49. The Kier molecular flexibility index (Phi) is 7.20. The third-order valence-corrected chi connectivity index (χ3v) is 10.5. The Morgan fingerprint density at radius 3 is 2.55 bits per heavy atom. The lowest BCUT2D eigenvalue weighted by atomic mass is 9.83. The molecule has 7 unspecified atom stereocenters. The molecule has 4 fully saturated rings. The summed E-state index contributed by atoms with van der Waals surface area (Å²) in [4.78, 5) is 2.97. The first-order chi connectivity index (χ1) is 15.9. The summed E-state index contributed by atoms with van der Waals surface area (Å²) >= 11 is 3.87. The first-order valence-corrected chi connectivity index (χ1v) is 15.0. The van der Waals surface area contributed by atoms with E-state index in [1.165, 1.54) is 11.8 Å². The summed E-state index contributed by atoms with van der Waals surface area (Å²) in [5, 5.41) is 6.73. The van der Waals surface area contributed by atoms with Crippen LogP contribution in [0.3, 0.4) is 0 Å². The van der Waals surface area contributed by atoms with E-state index in [1.807, 2.05) is 0 Å². The zero-order chi connectivity index (χ0) is 23.2. The zero-order valence-electron chi connectivity index (χ0n) is 19.4. The summed E-state index contributed by atoms with van der Waals surface area (Å²) in [7, 11) is -1.54. The van der Waals surface area contributed by atoms with Crippen LogP contribution in [-0.4, -0.2) is 87.4 Å². The van der Waals surface area contributed by atoms with Crippen molar-refractivity contribution in [1.82, 2.24) is 15.5 Å². The Balaban J connectivity index is 1.65. The van der Waals surface area contributed by atoms with E-state index in [9.17, 15) is 8.42 Å². The van der Waals surface area contributed by atoms with E-state index in [-0.39, 0.29) is 36.3 Å². The summed E-state index contributed by atoms with van der Waals surface area (Å²) in [5.74, 6) is 0.479. The number of methoxy groups -OCH3 is 1. The molecule has 4 saturated heterocycles. The van der Waals surface area contributed by atoms with Gasteiger partial charge in [-0.3, -0.25) is 10.2 Å². The molecule has 0 aromatic heterocycles. The monoisotopic (exact) mass is 541 g/mol. The maximum Gasteiger partial charge on any atom is 0.153 e. The van der Waals surface area contributed by atoms with Crippen molar-refractivity contribution in [3.63, 3.8) is 0 Å². The first kappa shape index (κ1) is 24.2. The Morgan fingerprint density at radius 2 is 1.88 bits per heavy atom. The van der Waals surface area contributed by atoms with E-state index in [2.05, 4.69) is 61.8 Å². The van der Waals surface area contributed by atoms with E-state index in [4.69, 9.17) is 9.47 Å². The number of benzene rings is 1. The summed E-state index contributed by atoms with van der Waals surface area (Å²) in [6.07, 6.45) is 4.20. The molecular weight excluding hydrogens is 506 g/mol. The van der Waals surface area contributed by atoms with Gasteiger partial charge in [0.2, 0.25) is 0 Å². The van der Waals surface area contributed by atoms with Crippen LogP contribution in [0.5, 0.6) is 0 Å². The summed E-state index contributed by atoms with van der Waals surface area (Å²) < 4.78 is 37.9. The molecule has 4 aliphatic rings. The van der Waals surface area contributed by atoms with Gasteiger partial charge >= 0.3 is 0 Å². The van der Waals surface area contributed by atoms with E-state index in [0.29, 0.717) is 17.3 Å². The van der Waals surface area contributed by atoms with Crippen molar-refractivity contribution in [3.05, 3.63) is 35.9 Å². The van der Waals surface area contributed by atoms with E-state index in [0.717, 1.165) is 39.0 Å². The van der Waals surface area contributed by atoms with Gasteiger partial charge in [0.25, 0.3) is 0 Å². The van der Waals surface area contributed by atoms with Crippen LogP contribution in [-0.2, 0) is 19.3 Å². The highest BCUT2D eigenvalue weighted by molar-refractivity contribution is 9.09. The number of likely N-dealkylation sites (tertiary alicyclic amines) is 1. The predicted molar refractivity (Wildman–Crippen MR) is 132 cm³/mol. The van der Waals surface area contributed by atoms with Crippen molar-refractivity contribution >= 4 is 25.8 Å². The molecule has 0 spiro atoms. The van der Waals surface area contributed by atoms with E-state index in [1.54, 1.807) is 7.11 Å². The number of sulfone groups is 1. The number of halogens is 1. The number of piperidine rings is 2. The summed E-state index contributed by atoms with van der Waals surface area (Å²) in [6.45, 7) is 2.83. The van der Waals surface area contributed by atoms with Crippen LogP contribution in [0.1, 0.15) is 30.9 Å². The number of ether oxygens (including phenoxy) is 2. The first-order valence-electron chi connectivity index (χ1n) is 12.1. The van der Waals surface area contributed by atoms with Gasteiger partial charge < -0.3 is 14.8 Å². The molecule has 4 heterocycles. The Bertz CT molecular complexity index is 914. The molecule has 1 aromatic rings. The fourth-order valence-electron chi connectivity index (χ4n) is 6.93. The van der Waals surface area contributed by atoms with Gasteiger partial charge in [-0.25, -0.2) is 8.42 Å². The Hall–Kier alpha value is -0.550. The number of alkyl halides is 1.